The van der Waals surface area contributed by atoms with E-state index in [9.17, 15) is 14.7 Å². The summed E-state index contributed by atoms with van der Waals surface area (Å²) in [7, 11) is 4.39. The molecule has 0 spiro atoms. The molecule has 2 N–H and O–H groups in total. The molecule has 0 bridgehead atoms. The van der Waals surface area contributed by atoms with E-state index in [1.54, 1.807) is 0 Å². The molecule has 0 aliphatic carbocycles. The molecule has 5 heteroatoms. The quantitative estimate of drug-likeness (QED) is 0.629. The first-order valence-electron chi connectivity index (χ1n) is 9.58. The van der Waals surface area contributed by atoms with Crippen LogP contribution in [0.3, 0.4) is 0 Å². The number of benzene rings is 2. The molecule has 2 rings (SSSR count). The van der Waals surface area contributed by atoms with Gasteiger partial charge in [0.1, 0.15) is 0 Å². The van der Waals surface area contributed by atoms with Crippen LogP contribution in [0.15, 0.2) is 72.8 Å². The van der Waals surface area contributed by atoms with E-state index in [1.807, 2.05) is 0 Å². The Kier molecular flexibility index (Phi) is 11.4. The summed E-state index contributed by atoms with van der Waals surface area (Å²) < 4.78 is 0. The number of aliphatic carboxylic acids is 2. The van der Waals surface area contributed by atoms with Crippen molar-refractivity contribution in [3.8, 4) is 0 Å². The Morgan fingerprint density at radius 3 is 2.21 bits per heavy atom. The maximum absolute atomic E-state index is 9.53. The minimum atomic E-state index is -1.51. The second-order valence-corrected chi connectivity index (χ2v) is 6.82. The second kappa shape index (κ2) is 13.9. The van der Waals surface area contributed by atoms with Crippen LogP contribution in [-0.4, -0.2) is 37.7 Å². The van der Waals surface area contributed by atoms with Crippen molar-refractivity contribution in [2.24, 2.45) is 0 Å². The lowest BCUT2D eigenvalue weighted by atomic mass is 9.99. The van der Waals surface area contributed by atoms with Crippen LogP contribution in [0.4, 0.5) is 0 Å². The average molecular weight is 395 g/mol. The summed E-state index contributed by atoms with van der Waals surface area (Å²) in [6, 6.07) is 19.5. The van der Waals surface area contributed by atoms with Gasteiger partial charge >= 0.3 is 5.97 Å². The summed E-state index contributed by atoms with van der Waals surface area (Å²) in [4.78, 5) is 20.5. The van der Waals surface area contributed by atoms with Gasteiger partial charge in [-0.1, -0.05) is 66.7 Å². The zero-order valence-electron chi connectivity index (χ0n) is 17.0. The molecule has 2 aromatic carbocycles. The average Bonchev–Trinajstić information content (AvgIpc) is 2.70. The molecule has 0 aliphatic heterocycles. The van der Waals surface area contributed by atoms with Crippen molar-refractivity contribution in [2.75, 3.05) is 20.6 Å². The van der Waals surface area contributed by atoms with Gasteiger partial charge in [-0.3, -0.25) is 0 Å². The third-order valence-electron chi connectivity index (χ3n) is 4.05. The molecule has 0 unspecified atom stereocenters. The SMILES string of the molecule is C[NH+](C)CC/C=C/c1ccccc1CCc1ccccc1.O=C([O-])/C=C/C(=O)O. The molecule has 2 aromatic rings. The molecule has 5 nitrogen and oxygen atoms in total. The molecule has 0 amide bonds. The van der Waals surface area contributed by atoms with Crippen molar-refractivity contribution in [1.29, 1.82) is 0 Å². The molecule has 29 heavy (non-hydrogen) atoms. The van der Waals surface area contributed by atoms with Crippen molar-refractivity contribution in [3.63, 3.8) is 0 Å². The number of quaternary nitrogens is 1. The lowest BCUT2D eigenvalue weighted by molar-refractivity contribution is -0.857. The maximum atomic E-state index is 9.53. The lowest BCUT2D eigenvalue weighted by Crippen LogP contribution is -3.05. The molecule has 0 atom stereocenters. The number of hydrogen-bond acceptors (Lipinski definition) is 3. The van der Waals surface area contributed by atoms with Crippen LogP contribution in [0.5, 0.6) is 0 Å². The molecule has 0 heterocycles. The van der Waals surface area contributed by atoms with Crippen LogP contribution >= 0.6 is 0 Å². The first-order chi connectivity index (χ1) is 13.9. The molecule has 0 saturated heterocycles. The van der Waals surface area contributed by atoms with E-state index in [1.165, 1.54) is 28.1 Å². The molecular weight excluding hydrogens is 366 g/mol. The summed E-state index contributed by atoms with van der Waals surface area (Å²) in [5.41, 5.74) is 4.21. The number of hydrogen-bond donors (Lipinski definition) is 2. The molecular formula is C24H29NO4. The first-order valence-corrected chi connectivity index (χ1v) is 9.58. The van der Waals surface area contributed by atoms with Gasteiger partial charge in [0.2, 0.25) is 0 Å². The normalized spacial score (nSPS) is 10.9. The van der Waals surface area contributed by atoms with Gasteiger partial charge in [-0.05, 0) is 35.6 Å². The predicted octanol–water partition coefficient (Wildman–Crippen LogP) is 1.40. The number of carbonyl (C=O) groups excluding carboxylic acids is 1. The smallest absolute Gasteiger partial charge is 0.328 e. The van der Waals surface area contributed by atoms with Crippen molar-refractivity contribution in [3.05, 3.63) is 89.5 Å². The molecule has 0 aromatic heterocycles. The molecule has 0 radical (unpaired) electrons. The Morgan fingerprint density at radius 1 is 0.966 bits per heavy atom. The third kappa shape index (κ3) is 12.0. The van der Waals surface area contributed by atoms with Gasteiger partial charge in [0, 0.05) is 12.5 Å². The lowest BCUT2D eigenvalue weighted by Gasteiger charge is -2.07. The van der Waals surface area contributed by atoms with Crippen LogP contribution < -0.4 is 10.0 Å². The highest BCUT2D eigenvalue weighted by Crippen LogP contribution is 2.14. The van der Waals surface area contributed by atoms with Crippen LogP contribution in [0.2, 0.25) is 0 Å². The molecule has 0 saturated carbocycles. The molecule has 0 aliphatic rings. The van der Waals surface area contributed by atoms with Crippen LogP contribution in [0.25, 0.3) is 6.08 Å². The fourth-order valence-corrected chi connectivity index (χ4v) is 2.57. The first kappa shape index (κ1) is 23.9. The highest BCUT2D eigenvalue weighted by molar-refractivity contribution is 5.88. The van der Waals surface area contributed by atoms with E-state index in [4.69, 9.17) is 5.11 Å². The van der Waals surface area contributed by atoms with Gasteiger partial charge in [-0.25, -0.2) is 4.79 Å². The number of rotatable bonds is 9. The predicted molar refractivity (Wildman–Crippen MR) is 113 cm³/mol. The molecule has 0 fully saturated rings. The van der Waals surface area contributed by atoms with Gasteiger partial charge in [0.25, 0.3) is 0 Å². The Hall–Kier alpha value is -3.18. The monoisotopic (exact) mass is 395 g/mol. The number of aryl methyl sites for hydroxylation is 2. The van der Waals surface area contributed by atoms with Gasteiger partial charge in [0.15, 0.2) is 0 Å². The summed E-state index contributed by atoms with van der Waals surface area (Å²) in [6.45, 7) is 1.18. The fraction of sp³-hybridized carbons (Fsp3) is 0.250. The van der Waals surface area contributed by atoms with Gasteiger partial charge in [-0.2, -0.15) is 0 Å². The van der Waals surface area contributed by atoms with Gasteiger partial charge < -0.3 is 19.9 Å². The van der Waals surface area contributed by atoms with Crippen LogP contribution in [-0.2, 0) is 22.4 Å². The zero-order valence-corrected chi connectivity index (χ0v) is 17.0. The Balaban J connectivity index is 0.000000447. The van der Waals surface area contributed by atoms with Gasteiger partial charge in [-0.15, -0.1) is 0 Å². The largest absolute Gasteiger partial charge is 0.545 e. The third-order valence-corrected chi connectivity index (χ3v) is 4.05. The van der Waals surface area contributed by atoms with E-state index in [2.05, 4.69) is 80.8 Å². The second-order valence-electron chi connectivity index (χ2n) is 6.82. The van der Waals surface area contributed by atoms with E-state index in [0.717, 1.165) is 19.3 Å². The van der Waals surface area contributed by atoms with Crippen molar-refractivity contribution in [1.82, 2.24) is 0 Å². The van der Waals surface area contributed by atoms with Crippen molar-refractivity contribution in [2.45, 2.75) is 19.3 Å². The topological polar surface area (TPSA) is 81.9 Å². The Morgan fingerprint density at radius 2 is 1.62 bits per heavy atom. The zero-order chi connectivity index (χ0) is 21.5. The number of nitrogens with one attached hydrogen (secondary N) is 1. The van der Waals surface area contributed by atoms with Gasteiger partial charge in [0.05, 0.1) is 26.6 Å². The van der Waals surface area contributed by atoms with E-state index < -0.39 is 11.9 Å². The summed E-state index contributed by atoms with van der Waals surface area (Å²) in [6.07, 6.45) is 8.86. The van der Waals surface area contributed by atoms with Crippen molar-refractivity contribution >= 4 is 18.0 Å². The maximum Gasteiger partial charge on any atom is 0.328 e. The summed E-state index contributed by atoms with van der Waals surface area (Å²) >= 11 is 0. The van der Waals surface area contributed by atoms with E-state index in [0.29, 0.717) is 12.2 Å². The minimum absolute atomic E-state index is 0.447. The fourth-order valence-electron chi connectivity index (χ4n) is 2.57. The van der Waals surface area contributed by atoms with Crippen molar-refractivity contribution < 1.29 is 24.7 Å². The summed E-state index contributed by atoms with van der Waals surface area (Å²) in [5.74, 6) is -2.80. The number of carboxylic acids is 2. The number of carboxylic acid groups (broad SMARTS) is 2. The standard InChI is InChI=1S/C20H25N.C4H4O4/c1-21(2)17-9-8-14-19-12-6-7-13-20(19)16-15-18-10-4-3-5-11-18;5-3(6)1-2-4(7)8/h3-8,10-14H,9,15-17H2,1-2H3;1-2H,(H,5,6)(H,7,8)/b14-8+;2-1+. The highest BCUT2D eigenvalue weighted by Gasteiger charge is 2.00. The minimum Gasteiger partial charge on any atom is -0.545 e. The van der Waals surface area contributed by atoms with Crippen LogP contribution in [0.1, 0.15) is 23.1 Å². The van der Waals surface area contributed by atoms with E-state index in [-0.39, 0.29) is 0 Å². The van der Waals surface area contributed by atoms with E-state index >= 15 is 0 Å². The molecule has 154 valence electrons. The Labute approximate surface area is 172 Å². The van der Waals surface area contributed by atoms with Crippen LogP contribution in [0, 0.1) is 0 Å². The Bertz CT molecular complexity index is 795. The number of carbonyl (C=O) groups is 2. The highest BCUT2D eigenvalue weighted by atomic mass is 16.4. The summed E-state index contributed by atoms with van der Waals surface area (Å²) in [5, 5.41) is 17.2.